The Morgan fingerprint density at radius 3 is 2.85 bits per heavy atom. The molecular weight excluding hydrogens is 256 g/mol. The SMILES string of the molecule is CCCCN(CCO)C(=O)CCOc1cccc(N)c1. The van der Waals surface area contributed by atoms with Gasteiger partial charge in [-0.25, -0.2) is 0 Å². The number of nitrogen functional groups attached to an aromatic ring is 1. The second-order valence-corrected chi connectivity index (χ2v) is 4.63. The molecule has 0 atom stereocenters. The number of benzene rings is 1. The molecule has 0 saturated heterocycles. The van der Waals surface area contributed by atoms with E-state index in [2.05, 4.69) is 6.92 Å². The van der Waals surface area contributed by atoms with Crippen LogP contribution in [0.1, 0.15) is 26.2 Å². The minimum absolute atomic E-state index is 0.00840. The van der Waals surface area contributed by atoms with Crippen molar-refractivity contribution in [3.63, 3.8) is 0 Å². The number of hydrogen-bond acceptors (Lipinski definition) is 4. The summed E-state index contributed by atoms with van der Waals surface area (Å²) in [5.41, 5.74) is 6.29. The maximum atomic E-state index is 12.0. The summed E-state index contributed by atoms with van der Waals surface area (Å²) in [7, 11) is 0. The van der Waals surface area contributed by atoms with E-state index in [0.29, 0.717) is 37.6 Å². The highest BCUT2D eigenvalue weighted by atomic mass is 16.5. The zero-order valence-corrected chi connectivity index (χ0v) is 12.0. The van der Waals surface area contributed by atoms with Crippen LogP contribution in [0.25, 0.3) is 0 Å². The topological polar surface area (TPSA) is 75.8 Å². The molecule has 0 unspecified atom stereocenters. The molecule has 5 nitrogen and oxygen atoms in total. The Hall–Kier alpha value is -1.75. The molecule has 1 aromatic carbocycles. The second kappa shape index (κ2) is 9.20. The van der Waals surface area contributed by atoms with Gasteiger partial charge in [0.2, 0.25) is 5.91 Å². The number of aliphatic hydroxyl groups excluding tert-OH is 1. The average molecular weight is 280 g/mol. The Bertz CT molecular complexity index is 410. The summed E-state index contributed by atoms with van der Waals surface area (Å²) in [6.45, 7) is 3.46. The molecule has 0 saturated carbocycles. The fraction of sp³-hybridized carbons (Fsp3) is 0.533. The zero-order chi connectivity index (χ0) is 14.8. The van der Waals surface area contributed by atoms with E-state index in [-0.39, 0.29) is 12.5 Å². The fourth-order valence-electron chi connectivity index (χ4n) is 1.85. The monoisotopic (exact) mass is 280 g/mol. The van der Waals surface area contributed by atoms with Crippen molar-refractivity contribution < 1.29 is 14.6 Å². The quantitative estimate of drug-likeness (QED) is 0.675. The Morgan fingerprint density at radius 2 is 2.20 bits per heavy atom. The minimum atomic E-state index is -0.00840. The van der Waals surface area contributed by atoms with E-state index in [9.17, 15) is 4.79 Å². The number of amides is 1. The van der Waals surface area contributed by atoms with Crippen LogP contribution in [-0.4, -0.2) is 42.2 Å². The third-order valence-corrected chi connectivity index (χ3v) is 2.95. The highest BCUT2D eigenvalue weighted by Crippen LogP contribution is 2.14. The van der Waals surface area contributed by atoms with Crippen molar-refractivity contribution in [2.75, 3.05) is 32.0 Å². The van der Waals surface area contributed by atoms with Crippen molar-refractivity contribution in [3.05, 3.63) is 24.3 Å². The van der Waals surface area contributed by atoms with Gasteiger partial charge in [0, 0.05) is 24.8 Å². The number of aliphatic hydroxyl groups is 1. The Labute approximate surface area is 120 Å². The molecule has 1 amide bonds. The highest BCUT2D eigenvalue weighted by Gasteiger charge is 2.12. The van der Waals surface area contributed by atoms with Crippen molar-refractivity contribution in [2.24, 2.45) is 0 Å². The fourth-order valence-corrected chi connectivity index (χ4v) is 1.85. The van der Waals surface area contributed by atoms with Gasteiger partial charge in [-0.3, -0.25) is 4.79 Å². The molecule has 0 aromatic heterocycles. The van der Waals surface area contributed by atoms with E-state index in [1.54, 1.807) is 17.0 Å². The lowest BCUT2D eigenvalue weighted by molar-refractivity contribution is -0.132. The molecule has 0 aliphatic rings. The third kappa shape index (κ3) is 5.93. The van der Waals surface area contributed by atoms with Gasteiger partial charge in [-0.1, -0.05) is 19.4 Å². The van der Waals surface area contributed by atoms with E-state index < -0.39 is 0 Å². The van der Waals surface area contributed by atoms with Crippen molar-refractivity contribution >= 4 is 11.6 Å². The number of ether oxygens (including phenoxy) is 1. The third-order valence-electron chi connectivity index (χ3n) is 2.95. The Morgan fingerprint density at radius 1 is 1.40 bits per heavy atom. The van der Waals surface area contributed by atoms with Gasteiger partial charge < -0.3 is 20.5 Å². The molecule has 5 heteroatoms. The van der Waals surface area contributed by atoms with Crippen LogP contribution in [0.3, 0.4) is 0 Å². The van der Waals surface area contributed by atoms with Gasteiger partial charge in [-0.2, -0.15) is 0 Å². The van der Waals surface area contributed by atoms with Crippen molar-refractivity contribution in [2.45, 2.75) is 26.2 Å². The van der Waals surface area contributed by atoms with E-state index in [0.717, 1.165) is 12.8 Å². The summed E-state index contributed by atoms with van der Waals surface area (Å²) in [4.78, 5) is 13.7. The summed E-state index contributed by atoms with van der Waals surface area (Å²) in [5.74, 6) is 0.677. The van der Waals surface area contributed by atoms with Crippen molar-refractivity contribution in [1.82, 2.24) is 4.90 Å². The van der Waals surface area contributed by atoms with Gasteiger partial charge in [-0.05, 0) is 18.6 Å². The van der Waals surface area contributed by atoms with Crippen molar-refractivity contribution in [1.29, 1.82) is 0 Å². The molecule has 0 fully saturated rings. The van der Waals surface area contributed by atoms with E-state index >= 15 is 0 Å². The first-order valence-electron chi connectivity index (χ1n) is 7.04. The lowest BCUT2D eigenvalue weighted by atomic mass is 10.3. The summed E-state index contributed by atoms with van der Waals surface area (Å²) in [6, 6.07) is 7.13. The second-order valence-electron chi connectivity index (χ2n) is 4.63. The average Bonchev–Trinajstić information content (AvgIpc) is 2.43. The first-order valence-corrected chi connectivity index (χ1v) is 7.04. The molecule has 1 aromatic rings. The van der Waals surface area contributed by atoms with Crippen LogP contribution >= 0.6 is 0 Å². The molecule has 0 radical (unpaired) electrons. The number of unbranched alkanes of at least 4 members (excludes halogenated alkanes) is 1. The van der Waals surface area contributed by atoms with Gasteiger partial charge in [0.15, 0.2) is 0 Å². The molecule has 20 heavy (non-hydrogen) atoms. The summed E-state index contributed by atoms with van der Waals surface area (Å²) >= 11 is 0. The molecule has 0 aliphatic carbocycles. The molecule has 0 bridgehead atoms. The lowest BCUT2D eigenvalue weighted by Crippen LogP contribution is -2.35. The predicted molar refractivity (Wildman–Crippen MR) is 79.5 cm³/mol. The van der Waals surface area contributed by atoms with Crippen molar-refractivity contribution in [3.8, 4) is 5.75 Å². The molecular formula is C15H24N2O3. The van der Waals surface area contributed by atoms with Crippen LogP contribution in [-0.2, 0) is 4.79 Å². The van der Waals surface area contributed by atoms with E-state index in [1.807, 2.05) is 12.1 Å². The molecule has 1 rings (SSSR count). The van der Waals surface area contributed by atoms with E-state index in [4.69, 9.17) is 15.6 Å². The van der Waals surface area contributed by atoms with Crippen LogP contribution < -0.4 is 10.5 Å². The number of carbonyl (C=O) groups is 1. The number of rotatable bonds is 9. The highest BCUT2D eigenvalue weighted by molar-refractivity contribution is 5.76. The zero-order valence-electron chi connectivity index (χ0n) is 12.0. The summed E-state index contributed by atoms with van der Waals surface area (Å²) in [5, 5.41) is 8.98. The smallest absolute Gasteiger partial charge is 0.226 e. The maximum Gasteiger partial charge on any atom is 0.226 e. The van der Waals surface area contributed by atoms with Gasteiger partial charge in [-0.15, -0.1) is 0 Å². The molecule has 0 heterocycles. The van der Waals surface area contributed by atoms with Crippen LogP contribution in [0.15, 0.2) is 24.3 Å². The van der Waals surface area contributed by atoms with Crippen LogP contribution in [0.4, 0.5) is 5.69 Å². The number of hydrogen-bond donors (Lipinski definition) is 2. The standard InChI is InChI=1S/C15H24N2O3/c1-2-3-8-17(9-10-18)15(19)7-11-20-14-6-4-5-13(16)12-14/h4-6,12,18H,2-3,7-11,16H2,1H3. The minimum Gasteiger partial charge on any atom is -0.493 e. The van der Waals surface area contributed by atoms with Gasteiger partial charge in [0.1, 0.15) is 5.75 Å². The molecule has 3 N–H and O–H groups in total. The normalized spacial score (nSPS) is 10.3. The molecule has 0 aliphatic heterocycles. The number of carbonyl (C=O) groups excluding carboxylic acids is 1. The van der Waals surface area contributed by atoms with Gasteiger partial charge in [0.05, 0.1) is 19.6 Å². The first kappa shape index (κ1) is 16.3. The maximum absolute atomic E-state index is 12.0. The summed E-state index contributed by atoms with van der Waals surface area (Å²) < 4.78 is 5.50. The summed E-state index contributed by atoms with van der Waals surface area (Å²) in [6.07, 6.45) is 2.27. The number of anilines is 1. The molecule has 112 valence electrons. The van der Waals surface area contributed by atoms with E-state index in [1.165, 1.54) is 0 Å². The Balaban J connectivity index is 2.36. The van der Waals surface area contributed by atoms with Crippen LogP contribution in [0.2, 0.25) is 0 Å². The predicted octanol–water partition coefficient (Wildman–Crippen LogP) is 1.66. The number of nitrogens with zero attached hydrogens (tertiary/aromatic N) is 1. The van der Waals surface area contributed by atoms with Crippen LogP contribution in [0.5, 0.6) is 5.75 Å². The lowest BCUT2D eigenvalue weighted by Gasteiger charge is -2.21. The van der Waals surface area contributed by atoms with Crippen LogP contribution in [0, 0.1) is 0 Å². The first-order chi connectivity index (χ1) is 9.67. The van der Waals surface area contributed by atoms with Gasteiger partial charge >= 0.3 is 0 Å². The molecule has 0 spiro atoms. The Kier molecular flexibility index (Phi) is 7.50. The number of nitrogens with two attached hydrogens (primary N) is 1. The largest absolute Gasteiger partial charge is 0.493 e. The van der Waals surface area contributed by atoms with Gasteiger partial charge in [0.25, 0.3) is 0 Å².